The molecule has 0 fully saturated rings. The van der Waals surface area contributed by atoms with Gasteiger partial charge >= 0.3 is 0 Å². The number of benzene rings is 2. The van der Waals surface area contributed by atoms with Crippen LogP contribution >= 0.6 is 0 Å². The molecule has 34 heavy (non-hydrogen) atoms. The minimum Gasteiger partial charge on any atom is -0.497 e. The highest BCUT2D eigenvalue weighted by Gasteiger charge is 2.24. The van der Waals surface area contributed by atoms with Gasteiger partial charge in [0.2, 0.25) is 0 Å². The summed E-state index contributed by atoms with van der Waals surface area (Å²) in [5.41, 5.74) is 3.17. The Morgan fingerprint density at radius 2 is 1.91 bits per heavy atom. The summed E-state index contributed by atoms with van der Waals surface area (Å²) in [5, 5.41) is 5.63. The number of amides is 2. The van der Waals surface area contributed by atoms with Crippen LogP contribution in [-0.4, -0.2) is 38.1 Å². The van der Waals surface area contributed by atoms with Gasteiger partial charge in [0.1, 0.15) is 17.2 Å². The number of carbonyl (C=O) groups excluding carboxylic acids is 2. The monoisotopic (exact) mass is 459 g/mol. The Labute approximate surface area is 199 Å². The molecule has 2 N–H and O–H groups in total. The van der Waals surface area contributed by atoms with Crippen LogP contribution in [0.3, 0.4) is 0 Å². The standard InChI is InChI=1S/C27H29N3O4/c1-19-17-21-7-3-4-9-25(21)30(19)15-6-14-28-27(32)24(18-23-8-5-16-34-23)29-26(31)20-10-12-22(33-2)13-11-20/h3-5,7-13,16,18-19H,6,14-15,17H2,1-2H3,(H,28,32)(H,29,31)/b24-18-/t19-/m1/s1. The summed E-state index contributed by atoms with van der Waals surface area (Å²) < 4.78 is 10.5. The second kappa shape index (κ2) is 10.7. The molecule has 0 saturated carbocycles. The van der Waals surface area contributed by atoms with Crippen molar-refractivity contribution in [3.05, 3.63) is 89.5 Å². The molecular weight excluding hydrogens is 430 g/mol. The van der Waals surface area contributed by atoms with Crippen molar-refractivity contribution in [2.45, 2.75) is 25.8 Å². The number of methoxy groups -OCH3 is 1. The SMILES string of the molecule is COc1ccc(C(=O)N/C(=C\c2ccco2)C(=O)NCCCN2c3ccccc3C[C@H]2C)cc1. The fraction of sp³-hybridized carbons (Fsp3) is 0.259. The quantitative estimate of drug-likeness (QED) is 0.373. The lowest BCUT2D eigenvalue weighted by atomic mass is 10.1. The highest BCUT2D eigenvalue weighted by molar-refractivity contribution is 6.05. The van der Waals surface area contributed by atoms with Crippen molar-refractivity contribution in [2.75, 3.05) is 25.1 Å². The van der Waals surface area contributed by atoms with Gasteiger partial charge in [-0.15, -0.1) is 0 Å². The first-order chi connectivity index (χ1) is 16.5. The van der Waals surface area contributed by atoms with E-state index in [0.29, 0.717) is 29.7 Å². The first kappa shape index (κ1) is 23.2. The molecule has 0 radical (unpaired) electrons. The minimum absolute atomic E-state index is 0.121. The van der Waals surface area contributed by atoms with E-state index in [0.717, 1.165) is 19.4 Å². The van der Waals surface area contributed by atoms with Crippen LogP contribution < -0.4 is 20.3 Å². The smallest absolute Gasteiger partial charge is 0.267 e. The molecule has 0 aliphatic carbocycles. The predicted molar refractivity (Wildman–Crippen MR) is 132 cm³/mol. The van der Waals surface area contributed by atoms with E-state index in [9.17, 15) is 9.59 Å². The number of furan rings is 1. The molecule has 176 valence electrons. The third-order valence-electron chi connectivity index (χ3n) is 5.88. The van der Waals surface area contributed by atoms with E-state index in [2.05, 4.69) is 46.7 Å². The summed E-state index contributed by atoms with van der Waals surface area (Å²) >= 11 is 0. The van der Waals surface area contributed by atoms with E-state index < -0.39 is 5.91 Å². The number of hydrogen-bond acceptors (Lipinski definition) is 5. The first-order valence-electron chi connectivity index (χ1n) is 11.4. The Bertz CT molecular complexity index is 1150. The van der Waals surface area contributed by atoms with E-state index in [4.69, 9.17) is 9.15 Å². The van der Waals surface area contributed by atoms with Gasteiger partial charge in [-0.1, -0.05) is 18.2 Å². The average molecular weight is 460 g/mol. The topological polar surface area (TPSA) is 83.8 Å². The van der Waals surface area contributed by atoms with Crippen molar-refractivity contribution in [1.29, 1.82) is 0 Å². The van der Waals surface area contributed by atoms with Crippen molar-refractivity contribution < 1.29 is 18.7 Å². The van der Waals surface area contributed by atoms with Crippen LogP contribution in [0.4, 0.5) is 5.69 Å². The number of nitrogens with one attached hydrogen (secondary N) is 2. The highest BCUT2D eigenvalue weighted by Crippen LogP contribution is 2.31. The Balaban J connectivity index is 1.36. The zero-order chi connectivity index (χ0) is 23.9. The number of hydrogen-bond donors (Lipinski definition) is 2. The third-order valence-corrected chi connectivity index (χ3v) is 5.88. The van der Waals surface area contributed by atoms with Crippen LogP contribution in [0, 0.1) is 0 Å². The van der Waals surface area contributed by atoms with Crippen LogP contribution in [0.25, 0.3) is 6.08 Å². The van der Waals surface area contributed by atoms with Gasteiger partial charge in [0.15, 0.2) is 0 Å². The van der Waals surface area contributed by atoms with Crippen LogP contribution in [0.1, 0.15) is 35.0 Å². The molecule has 4 rings (SSSR count). The van der Waals surface area contributed by atoms with Crippen molar-refractivity contribution >= 4 is 23.6 Å². The first-order valence-corrected chi connectivity index (χ1v) is 11.4. The predicted octanol–water partition coefficient (Wildman–Crippen LogP) is 4.02. The molecule has 0 unspecified atom stereocenters. The second-order valence-electron chi connectivity index (χ2n) is 8.24. The second-order valence-corrected chi connectivity index (χ2v) is 8.24. The maximum absolute atomic E-state index is 12.9. The zero-order valence-electron chi connectivity index (χ0n) is 19.4. The van der Waals surface area contributed by atoms with E-state index in [-0.39, 0.29) is 11.6 Å². The molecule has 1 aliphatic rings. The maximum atomic E-state index is 12.9. The largest absolute Gasteiger partial charge is 0.497 e. The number of ether oxygens (including phenoxy) is 1. The van der Waals surface area contributed by atoms with Crippen molar-refractivity contribution in [1.82, 2.24) is 10.6 Å². The molecule has 2 amide bonds. The lowest BCUT2D eigenvalue weighted by Crippen LogP contribution is -2.37. The fourth-order valence-electron chi connectivity index (χ4n) is 4.13. The summed E-state index contributed by atoms with van der Waals surface area (Å²) in [6.45, 7) is 3.55. The number of fused-ring (bicyclic) bond motifs is 1. The fourth-order valence-corrected chi connectivity index (χ4v) is 4.13. The van der Waals surface area contributed by atoms with E-state index >= 15 is 0 Å². The molecule has 2 heterocycles. The van der Waals surface area contributed by atoms with Gasteiger partial charge in [0.25, 0.3) is 11.8 Å². The van der Waals surface area contributed by atoms with Gasteiger partial charge in [0.05, 0.1) is 13.4 Å². The van der Waals surface area contributed by atoms with Crippen LogP contribution in [0.2, 0.25) is 0 Å². The third kappa shape index (κ3) is 5.49. The van der Waals surface area contributed by atoms with Gasteiger partial charge in [-0.25, -0.2) is 0 Å². The molecular formula is C27H29N3O4. The number of rotatable bonds is 9. The summed E-state index contributed by atoms with van der Waals surface area (Å²) in [5.74, 6) is 0.365. The molecule has 7 nitrogen and oxygen atoms in total. The molecule has 0 spiro atoms. The van der Waals surface area contributed by atoms with E-state index in [1.54, 1.807) is 43.5 Å². The molecule has 1 aromatic heterocycles. The maximum Gasteiger partial charge on any atom is 0.267 e. The number of nitrogens with zero attached hydrogens (tertiary/aromatic N) is 1. The summed E-state index contributed by atoms with van der Waals surface area (Å²) in [6, 6.07) is 19.0. The molecule has 1 aliphatic heterocycles. The zero-order valence-corrected chi connectivity index (χ0v) is 19.4. The molecule has 0 bridgehead atoms. The highest BCUT2D eigenvalue weighted by atomic mass is 16.5. The van der Waals surface area contributed by atoms with Crippen LogP contribution in [0.5, 0.6) is 5.75 Å². The Morgan fingerprint density at radius 1 is 1.12 bits per heavy atom. The molecule has 0 saturated heterocycles. The number of carbonyl (C=O) groups is 2. The summed E-state index contributed by atoms with van der Waals surface area (Å²) in [6.07, 6.45) is 4.86. The van der Waals surface area contributed by atoms with Gasteiger partial charge in [-0.2, -0.15) is 0 Å². The van der Waals surface area contributed by atoms with Gasteiger partial charge < -0.3 is 24.7 Å². The average Bonchev–Trinajstić information content (AvgIpc) is 3.48. The van der Waals surface area contributed by atoms with Crippen LogP contribution in [0.15, 0.2) is 77.0 Å². The summed E-state index contributed by atoms with van der Waals surface area (Å²) in [7, 11) is 1.56. The van der Waals surface area contributed by atoms with Crippen molar-refractivity contribution in [2.24, 2.45) is 0 Å². The number of para-hydroxylation sites is 1. The summed E-state index contributed by atoms with van der Waals surface area (Å²) in [4.78, 5) is 28.0. The number of anilines is 1. The molecule has 3 aromatic rings. The molecule has 2 aromatic carbocycles. The molecule has 1 atom stereocenters. The van der Waals surface area contributed by atoms with Crippen LogP contribution in [-0.2, 0) is 11.2 Å². The molecule has 7 heteroatoms. The minimum atomic E-state index is -0.391. The normalized spacial score (nSPS) is 15.1. The van der Waals surface area contributed by atoms with Gasteiger partial charge in [0, 0.05) is 36.5 Å². The van der Waals surface area contributed by atoms with Gasteiger partial charge in [-0.05, 0) is 67.8 Å². The van der Waals surface area contributed by atoms with Crippen molar-refractivity contribution in [3.8, 4) is 5.75 Å². The Hall–Kier alpha value is -4.00. The van der Waals surface area contributed by atoms with E-state index in [1.165, 1.54) is 23.6 Å². The Morgan fingerprint density at radius 3 is 2.65 bits per heavy atom. The van der Waals surface area contributed by atoms with Gasteiger partial charge in [-0.3, -0.25) is 9.59 Å². The van der Waals surface area contributed by atoms with E-state index in [1.807, 2.05) is 0 Å². The van der Waals surface area contributed by atoms with Crippen molar-refractivity contribution in [3.63, 3.8) is 0 Å². The lowest BCUT2D eigenvalue weighted by Gasteiger charge is -2.25. The lowest BCUT2D eigenvalue weighted by molar-refractivity contribution is -0.117. The Kier molecular flexibility index (Phi) is 7.32.